The fourth-order valence-electron chi connectivity index (χ4n) is 1.91. The van der Waals surface area contributed by atoms with E-state index in [-0.39, 0.29) is 4.76 Å². The van der Waals surface area contributed by atoms with Crippen LogP contribution in [0.1, 0.15) is 40.0 Å². The summed E-state index contributed by atoms with van der Waals surface area (Å²) in [6.07, 6.45) is 1.74. The van der Waals surface area contributed by atoms with Gasteiger partial charge in [-0.3, -0.25) is 0 Å². The molecule has 0 aromatic rings. The summed E-state index contributed by atoms with van der Waals surface area (Å²) in [6.45, 7) is 6.75. The number of ether oxygens (including phenoxy) is 1. The van der Waals surface area contributed by atoms with Crippen molar-refractivity contribution in [2.75, 3.05) is 13.1 Å². The van der Waals surface area contributed by atoms with Gasteiger partial charge in [0.2, 0.25) is 0 Å². The van der Waals surface area contributed by atoms with Crippen LogP contribution < -0.4 is 0 Å². The third-order valence-electron chi connectivity index (χ3n) is 2.72. The minimum atomic E-state index is -0.854. The Bertz CT molecular complexity index is 314. The number of nitrogens with zero attached hydrogens (tertiary/aromatic N) is 1. The fourth-order valence-corrected chi connectivity index (χ4v) is 4.68. The summed E-state index contributed by atoms with van der Waals surface area (Å²) in [5.41, 5.74) is -0.418. The van der Waals surface area contributed by atoms with E-state index in [0.29, 0.717) is 17.8 Å². The zero-order valence-corrected chi connectivity index (χ0v) is 13.3. The molecule has 1 N–H and O–H groups in total. The molecule has 5 nitrogen and oxygen atoms in total. The monoisotopic (exact) mass is 319 g/mol. The van der Waals surface area contributed by atoms with E-state index < -0.39 is 27.4 Å². The Hall–Kier alpha value is -0.702. The molecule has 0 saturated carbocycles. The molecule has 0 aliphatic carbocycles. The Labute approximate surface area is 115 Å². The molecule has 6 heteroatoms. The number of likely N-dealkylation sites (tertiary alicyclic amines) is 1. The molecule has 1 rings (SSSR count). The fraction of sp³-hybridized carbons (Fsp3) is 0.833. The summed E-state index contributed by atoms with van der Waals surface area (Å²) >= 11 is -0.807. The molecule has 0 spiro atoms. The van der Waals surface area contributed by atoms with Crippen LogP contribution in [-0.4, -0.2) is 55.3 Å². The molecule has 104 valence electrons. The van der Waals surface area contributed by atoms with Gasteiger partial charge in [-0.15, -0.1) is 0 Å². The predicted octanol–water partition coefficient (Wildman–Crippen LogP) is 2.31. The van der Waals surface area contributed by atoms with Crippen molar-refractivity contribution >= 4 is 26.6 Å². The molecule has 1 aliphatic heterocycles. The van der Waals surface area contributed by atoms with Crippen molar-refractivity contribution in [1.82, 2.24) is 4.90 Å². The van der Waals surface area contributed by atoms with Crippen molar-refractivity contribution in [2.24, 2.45) is 0 Å². The normalized spacial score (nSPS) is 21.9. The van der Waals surface area contributed by atoms with Gasteiger partial charge >= 0.3 is 114 Å². The van der Waals surface area contributed by atoms with Gasteiger partial charge in [0, 0.05) is 0 Å². The third-order valence-corrected chi connectivity index (χ3v) is 5.50. The van der Waals surface area contributed by atoms with E-state index in [9.17, 15) is 9.59 Å². The summed E-state index contributed by atoms with van der Waals surface area (Å²) in [5, 5.41) is 8.93. The van der Waals surface area contributed by atoms with E-state index in [1.54, 1.807) is 0 Å². The van der Waals surface area contributed by atoms with E-state index in [0.717, 1.165) is 19.3 Å². The van der Waals surface area contributed by atoms with E-state index in [2.05, 4.69) is 0 Å². The quantitative estimate of drug-likeness (QED) is 0.793. The predicted molar refractivity (Wildman–Crippen MR) is 70.6 cm³/mol. The summed E-state index contributed by atoms with van der Waals surface area (Å²) in [4.78, 5) is 24.1. The molecule has 2 atom stereocenters. The SMILES string of the molecule is CC(C)(C)OC(=O)[AsH][C@H]1CCCN(C(=O)O)CC1. The van der Waals surface area contributed by atoms with Gasteiger partial charge in [-0.05, 0) is 0 Å². The van der Waals surface area contributed by atoms with Crippen LogP contribution in [-0.2, 0) is 4.74 Å². The van der Waals surface area contributed by atoms with Gasteiger partial charge < -0.3 is 0 Å². The van der Waals surface area contributed by atoms with Crippen LogP contribution in [0.2, 0.25) is 4.71 Å². The van der Waals surface area contributed by atoms with Gasteiger partial charge in [-0.2, -0.15) is 0 Å². The summed E-state index contributed by atoms with van der Waals surface area (Å²) in [6, 6.07) is 0. The van der Waals surface area contributed by atoms with Crippen LogP contribution in [0.5, 0.6) is 0 Å². The summed E-state index contributed by atoms with van der Waals surface area (Å²) < 4.78 is 5.65. The second kappa shape index (κ2) is 6.46. The maximum absolute atomic E-state index is 11.8. The molecule has 18 heavy (non-hydrogen) atoms. The number of hydrogen-bond donors (Lipinski definition) is 1. The molecule has 0 aromatic carbocycles. The van der Waals surface area contributed by atoms with Crippen molar-refractivity contribution < 1.29 is 19.4 Å². The van der Waals surface area contributed by atoms with Crippen LogP contribution in [0.25, 0.3) is 0 Å². The average molecular weight is 319 g/mol. The van der Waals surface area contributed by atoms with Gasteiger partial charge in [-0.1, -0.05) is 0 Å². The molecule has 1 unspecified atom stereocenters. The van der Waals surface area contributed by atoms with Gasteiger partial charge in [0.25, 0.3) is 0 Å². The van der Waals surface area contributed by atoms with Crippen LogP contribution in [0.15, 0.2) is 0 Å². The molecule has 1 aliphatic rings. The van der Waals surface area contributed by atoms with Crippen molar-refractivity contribution in [3.05, 3.63) is 0 Å². The average Bonchev–Trinajstić information content (AvgIpc) is 2.40. The zero-order valence-electron chi connectivity index (χ0n) is 11.2. The Morgan fingerprint density at radius 1 is 1.28 bits per heavy atom. The number of rotatable bonds is 2. The van der Waals surface area contributed by atoms with Gasteiger partial charge in [0.05, 0.1) is 0 Å². The molecule has 0 aromatic heterocycles. The number of hydrogen-bond acceptors (Lipinski definition) is 3. The third kappa shape index (κ3) is 5.76. The molecule has 0 radical (unpaired) electrons. The van der Waals surface area contributed by atoms with E-state index in [4.69, 9.17) is 9.84 Å². The van der Waals surface area contributed by atoms with Gasteiger partial charge in [0.15, 0.2) is 0 Å². The van der Waals surface area contributed by atoms with Crippen molar-refractivity contribution in [3.8, 4) is 0 Å². The van der Waals surface area contributed by atoms with Gasteiger partial charge in [0.1, 0.15) is 0 Å². The van der Waals surface area contributed by atoms with Gasteiger partial charge in [-0.25, -0.2) is 0 Å². The number of carboxylic acid groups (broad SMARTS) is 1. The number of amides is 1. The number of carbonyl (C=O) groups is 2. The van der Waals surface area contributed by atoms with Crippen LogP contribution in [0, 0.1) is 0 Å². The molecule has 1 saturated heterocycles. The Morgan fingerprint density at radius 2 is 1.94 bits per heavy atom. The first kappa shape index (κ1) is 15.4. The number of carbonyl (C=O) groups excluding carboxylic acids is 1. The maximum atomic E-state index is 11.8. The summed E-state index contributed by atoms with van der Waals surface area (Å²) in [7, 11) is 0. The molecule has 1 amide bonds. The first-order chi connectivity index (χ1) is 8.28. The van der Waals surface area contributed by atoms with E-state index >= 15 is 0 Å². The van der Waals surface area contributed by atoms with E-state index in [1.165, 1.54) is 4.90 Å². The Morgan fingerprint density at radius 3 is 2.50 bits per heavy atom. The van der Waals surface area contributed by atoms with Crippen molar-refractivity contribution in [1.29, 1.82) is 0 Å². The first-order valence-corrected chi connectivity index (χ1v) is 8.51. The second-order valence-corrected chi connectivity index (χ2v) is 8.72. The van der Waals surface area contributed by atoms with E-state index in [1.807, 2.05) is 20.8 Å². The van der Waals surface area contributed by atoms with Crippen molar-refractivity contribution in [2.45, 2.75) is 50.3 Å². The van der Waals surface area contributed by atoms with Crippen LogP contribution in [0.3, 0.4) is 0 Å². The standard InChI is InChI=1S/C12H22AsNO4/c1-12(2,3)18-10(15)13-9-5-4-7-14(8-6-9)11(16)17/h9,13H,4-8H2,1-3H3,(H,16,17)/t9-/m0/s1. The minimum absolute atomic E-state index is 0.0590. The second-order valence-electron chi connectivity index (χ2n) is 5.54. The molecule has 0 bridgehead atoms. The molecular weight excluding hydrogens is 297 g/mol. The topological polar surface area (TPSA) is 66.8 Å². The van der Waals surface area contributed by atoms with Crippen molar-refractivity contribution in [3.63, 3.8) is 0 Å². The first-order valence-electron chi connectivity index (χ1n) is 6.25. The van der Waals surface area contributed by atoms with Crippen LogP contribution in [0.4, 0.5) is 9.59 Å². The Balaban J connectivity index is 2.40. The zero-order chi connectivity index (χ0) is 13.8. The Kier molecular flexibility index (Phi) is 5.51. The van der Waals surface area contributed by atoms with Crippen LogP contribution >= 0.6 is 0 Å². The molecule has 1 heterocycles. The summed E-state index contributed by atoms with van der Waals surface area (Å²) in [5.74, 6) is 0. The molecule has 1 fully saturated rings. The molecular formula is C12H22AsNO4.